The van der Waals surface area contributed by atoms with Crippen LogP contribution in [0.5, 0.6) is 0 Å². The maximum Gasteiger partial charge on any atom is 0.339 e. The summed E-state index contributed by atoms with van der Waals surface area (Å²) in [5, 5.41) is 0.677. The number of halogens is 3. The number of ether oxygens (including phenoxy) is 1. The van der Waals surface area contributed by atoms with Gasteiger partial charge in [-0.25, -0.2) is 9.18 Å². The van der Waals surface area contributed by atoms with Crippen LogP contribution in [-0.4, -0.2) is 5.97 Å². The van der Waals surface area contributed by atoms with Crippen LogP contribution in [0.2, 0.25) is 10.0 Å². The average molecular weight is 299 g/mol. The van der Waals surface area contributed by atoms with Crippen molar-refractivity contribution in [3.05, 3.63) is 69.5 Å². The molecule has 0 heterocycles. The molecule has 0 N–H and O–H groups in total. The van der Waals surface area contributed by atoms with Crippen molar-refractivity contribution < 1.29 is 13.9 Å². The van der Waals surface area contributed by atoms with Crippen molar-refractivity contribution in [2.45, 2.75) is 6.61 Å². The standard InChI is InChI=1S/C14H9Cl2FO2/c15-10-3-6-12(13(16)7-10)14(18)19-8-9-1-4-11(17)5-2-9/h1-7H,8H2. The Bertz CT molecular complexity index is 597. The molecule has 0 unspecified atom stereocenters. The zero-order valence-electron chi connectivity index (χ0n) is 9.70. The second kappa shape index (κ2) is 6.04. The van der Waals surface area contributed by atoms with Crippen LogP contribution in [0.15, 0.2) is 42.5 Å². The molecule has 0 amide bonds. The molecular formula is C14H9Cl2FO2. The zero-order valence-corrected chi connectivity index (χ0v) is 11.2. The summed E-state index contributed by atoms with van der Waals surface area (Å²) in [4.78, 5) is 11.8. The van der Waals surface area contributed by atoms with Crippen molar-refractivity contribution in [3.8, 4) is 0 Å². The number of hydrogen-bond acceptors (Lipinski definition) is 2. The van der Waals surface area contributed by atoms with Gasteiger partial charge in [0.1, 0.15) is 12.4 Å². The fraction of sp³-hybridized carbons (Fsp3) is 0.0714. The van der Waals surface area contributed by atoms with Gasteiger partial charge >= 0.3 is 5.97 Å². The number of hydrogen-bond donors (Lipinski definition) is 0. The maximum atomic E-state index is 12.7. The van der Waals surface area contributed by atoms with Gasteiger partial charge in [0, 0.05) is 5.02 Å². The van der Waals surface area contributed by atoms with E-state index in [1.807, 2.05) is 0 Å². The van der Waals surface area contributed by atoms with Gasteiger partial charge in [-0.15, -0.1) is 0 Å². The van der Waals surface area contributed by atoms with E-state index >= 15 is 0 Å². The molecule has 5 heteroatoms. The molecule has 2 aromatic rings. The molecule has 0 bridgehead atoms. The molecule has 0 spiro atoms. The second-order valence-corrected chi connectivity index (χ2v) is 4.67. The number of esters is 1. The second-order valence-electron chi connectivity index (χ2n) is 3.83. The highest BCUT2D eigenvalue weighted by Crippen LogP contribution is 2.22. The minimum atomic E-state index is -0.550. The lowest BCUT2D eigenvalue weighted by Gasteiger charge is -2.06. The van der Waals surface area contributed by atoms with Crippen molar-refractivity contribution in [2.75, 3.05) is 0 Å². The van der Waals surface area contributed by atoms with Gasteiger partial charge in [-0.3, -0.25) is 0 Å². The summed E-state index contributed by atoms with van der Waals surface area (Å²) >= 11 is 11.6. The van der Waals surface area contributed by atoms with E-state index in [-0.39, 0.29) is 23.0 Å². The van der Waals surface area contributed by atoms with E-state index in [1.165, 1.54) is 24.3 Å². The van der Waals surface area contributed by atoms with Gasteiger partial charge in [0.15, 0.2) is 0 Å². The van der Waals surface area contributed by atoms with Crippen LogP contribution in [-0.2, 0) is 11.3 Å². The molecule has 0 aromatic heterocycles. The molecule has 2 aromatic carbocycles. The Kier molecular flexibility index (Phi) is 4.40. The quantitative estimate of drug-likeness (QED) is 0.781. The molecule has 98 valence electrons. The Hall–Kier alpha value is -1.58. The minimum absolute atomic E-state index is 0.0536. The Balaban J connectivity index is 2.03. The molecule has 0 fully saturated rings. The summed E-state index contributed by atoms with van der Waals surface area (Å²) in [7, 11) is 0. The number of carbonyl (C=O) groups excluding carboxylic acids is 1. The molecule has 2 nitrogen and oxygen atoms in total. The van der Waals surface area contributed by atoms with Crippen LogP contribution in [0, 0.1) is 5.82 Å². The summed E-state index contributed by atoms with van der Waals surface area (Å²) in [5.41, 5.74) is 0.938. The fourth-order valence-corrected chi connectivity index (χ4v) is 1.95. The monoisotopic (exact) mass is 298 g/mol. The van der Waals surface area contributed by atoms with Crippen LogP contribution in [0.3, 0.4) is 0 Å². The molecule has 0 aliphatic carbocycles. The van der Waals surface area contributed by atoms with E-state index < -0.39 is 5.97 Å². The maximum absolute atomic E-state index is 12.7. The molecule has 0 aliphatic rings. The van der Waals surface area contributed by atoms with Gasteiger partial charge in [0.05, 0.1) is 10.6 Å². The molecule has 0 saturated carbocycles. The lowest BCUT2D eigenvalue weighted by Crippen LogP contribution is -2.06. The van der Waals surface area contributed by atoms with Gasteiger partial charge in [0.25, 0.3) is 0 Å². The fourth-order valence-electron chi connectivity index (χ4n) is 1.46. The van der Waals surface area contributed by atoms with Crippen molar-refractivity contribution in [1.29, 1.82) is 0 Å². The summed E-state index contributed by atoms with van der Waals surface area (Å²) in [6.07, 6.45) is 0. The minimum Gasteiger partial charge on any atom is -0.457 e. The van der Waals surface area contributed by atoms with E-state index in [1.54, 1.807) is 18.2 Å². The Morgan fingerprint density at radius 3 is 2.42 bits per heavy atom. The van der Waals surface area contributed by atoms with Gasteiger partial charge < -0.3 is 4.74 Å². The highest BCUT2D eigenvalue weighted by Gasteiger charge is 2.12. The van der Waals surface area contributed by atoms with Gasteiger partial charge in [-0.1, -0.05) is 35.3 Å². The first-order valence-electron chi connectivity index (χ1n) is 5.43. The van der Waals surface area contributed by atoms with Crippen molar-refractivity contribution in [2.24, 2.45) is 0 Å². The predicted molar refractivity (Wildman–Crippen MR) is 72.0 cm³/mol. The van der Waals surface area contributed by atoms with Crippen molar-refractivity contribution >= 4 is 29.2 Å². The van der Waals surface area contributed by atoms with E-state index in [0.29, 0.717) is 10.6 Å². The zero-order chi connectivity index (χ0) is 13.8. The number of carbonyl (C=O) groups is 1. The Morgan fingerprint density at radius 2 is 1.79 bits per heavy atom. The third-order valence-corrected chi connectivity index (χ3v) is 2.98. The van der Waals surface area contributed by atoms with Crippen molar-refractivity contribution in [1.82, 2.24) is 0 Å². The molecule has 2 rings (SSSR count). The lowest BCUT2D eigenvalue weighted by molar-refractivity contribution is 0.0473. The molecule has 19 heavy (non-hydrogen) atoms. The van der Waals surface area contributed by atoms with E-state index in [9.17, 15) is 9.18 Å². The van der Waals surface area contributed by atoms with Crippen LogP contribution in [0.25, 0.3) is 0 Å². The first kappa shape index (κ1) is 13.8. The van der Waals surface area contributed by atoms with Crippen LogP contribution in [0.4, 0.5) is 4.39 Å². The summed E-state index contributed by atoms with van der Waals surface area (Å²) in [6, 6.07) is 10.2. The van der Waals surface area contributed by atoms with Gasteiger partial charge in [-0.05, 0) is 35.9 Å². The van der Waals surface area contributed by atoms with Gasteiger partial charge in [-0.2, -0.15) is 0 Å². The van der Waals surface area contributed by atoms with E-state index in [2.05, 4.69) is 0 Å². The van der Waals surface area contributed by atoms with E-state index in [4.69, 9.17) is 27.9 Å². The van der Waals surface area contributed by atoms with E-state index in [0.717, 1.165) is 0 Å². The first-order valence-corrected chi connectivity index (χ1v) is 6.18. The predicted octanol–water partition coefficient (Wildman–Crippen LogP) is 4.49. The highest BCUT2D eigenvalue weighted by atomic mass is 35.5. The molecular weight excluding hydrogens is 290 g/mol. The topological polar surface area (TPSA) is 26.3 Å². The van der Waals surface area contributed by atoms with Crippen LogP contribution >= 0.6 is 23.2 Å². The molecule has 0 aliphatic heterocycles. The lowest BCUT2D eigenvalue weighted by atomic mass is 10.2. The summed E-state index contributed by atoms with van der Waals surface area (Å²) < 4.78 is 17.8. The molecule has 0 radical (unpaired) electrons. The average Bonchev–Trinajstić information content (AvgIpc) is 2.37. The Labute approximate surface area is 119 Å². The third-order valence-electron chi connectivity index (χ3n) is 2.43. The highest BCUT2D eigenvalue weighted by molar-refractivity contribution is 6.36. The number of rotatable bonds is 3. The third kappa shape index (κ3) is 3.69. The van der Waals surface area contributed by atoms with Crippen LogP contribution in [0.1, 0.15) is 15.9 Å². The van der Waals surface area contributed by atoms with Gasteiger partial charge in [0.2, 0.25) is 0 Å². The smallest absolute Gasteiger partial charge is 0.339 e. The summed E-state index contributed by atoms with van der Waals surface area (Å²) in [5.74, 6) is -0.887. The Morgan fingerprint density at radius 1 is 1.11 bits per heavy atom. The molecule has 0 atom stereocenters. The van der Waals surface area contributed by atoms with Crippen molar-refractivity contribution in [3.63, 3.8) is 0 Å². The number of benzene rings is 2. The molecule has 0 saturated heterocycles. The van der Waals surface area contributed by atoms with Crippen LogP contribution < -0.4 is 0 Å². The normalized spacial score (nSPS) is 10.3. The SMILES string of the molecule is O=C(OCc1ccc(F)cc1)c1ccc(Cl)cc1Cl. The largest absolute Gasteiger partial charge is 0.457 e. The summed E-state index contributed by atoms with van der Waals surface area (Å²) in [6.45, 7) is 0.0536. The first-order chi connectivity index (χ1) is 9.06.